The van der Waals surface area contributed by atoms with Crippen LogP contribution in [-0.2, 0) is 0 Å². The number of para-hydroxylation sites is 1. The molecule has 164 valence electrons. The zero-order valence-corrected chi connectivity index (χ0v) is 18.7. The van der Waals surface area contributed by atoms with E-state index in [1.54, 1.807) is 24.3 Å². The van der Waals surface area contributed by atoms with Gasteiger partial charge in [-0.05, 0) is 59.3 Å². The van der Waals surface area contributed by atoms with Gasteiger partial charge in [-0.25, -0.2) is 5.01 Å². The minimum absolute atomic E-state index is 0.185. The summed E-state index contributed by atoms with van der Waals surface area (Å²) < 4.78 is 5.27. The second-order valence-electron chi connectivity index (χ2n) is 7.62. The summed E-state index contributed by atoms with van der Waals surface area (Å²) in [5.41, 5.74) is 3.50. The molecular formula is C26H21N3O3S. The lowest BCUT2D eigenvalue weighted by molar-refractivity contribution is 0.267. The zero-order chi connectivity index (χ0) is 22.8. The van der Waals surface area contributed by atoms with E-state index in [1.807, 2.05) is 72.8 Å². The maximum absolute atomic E-state index is 12.3. The van der Waals surface area contributed by atoms with Crippen molar-refractivity contribution in [3.63, 3.8) is 0 Å². The molecule has 0 saturated heterocycles. The molecule has 1 N–H and O–H groups in total. The van der Waals surface area contributed by atoms with Crippen molar-refractivity contribution >= 4 is 34.6 Å². The molecule has 6 nitrogen and oxygen atoms in total. The number of hydrogen-bond acceptors (Lipinski definition) is 6. The minimum atomic E-state index is -0.298. The molecule has 5 rings (SSSR count). The van der Waals surface area contributed by atoms with Crippen LogP contribution in [0.3, 0.4) is 0 Å². The van der Waals surface area contributed by atoms with Crippen LogP contribution in [0.25, 0.3) is 6.08 Å². The third-order valence-electron chi connectivity index (χ3n) is 5.56. The van der Waals surface area contributed by atoms with Gasteiger partial charge in [-0.15, -0.1) is 0 Å². The number of carbonyl (C=O) groups excluding carboxylic acids is 1. The number of benzene rings is 3. The van der Waals surface area contributed by atoms with E-state index >= 15 is 0 Å². The highest BCUT2D eigenvalue weighted by molar-refractivity contribution is 8.18. The van der Waals surface area contributed by atoms with E-state index in [4.69, 9.17) is 9.84 Å². The van der Waals surface area contributed by atoms with Gasteiger partial charge in [0.1, 0.15) is 11.5 Å². The standard InChI is InChI=1S/C26H21N3O3S/c1-32-19-13-11-18(12-14-19)21-16-22(20-9-5-6-10-23(20)30)29(28-21)25-24(33-26(31)27-25)15-17-7-3-2-4-8-17/h2-15,22,30H,16H2,1H3/b24-15-. The van der Waals surface area contributed by atoms with E-state index in [-0.39, 0.29) is 17.0 Å². The van der Waals surface area contributed by atoms with E-state index < -0.39 is 0 Å². The minimum Gasteiger partial charge on any atom is -0.508 e. The molecule has 1 amide bonds. The molecule has 0 spiro atoms. The first kappa shape index (κ1) is 21.0. The van der Waals surface area contributed by atoms with Gasteiger partial charge in [0.15, 0.2) is 5.84 Å². The van der Waals surface area contributed by atoms with E-state index in [0.717, 1.165) is 44.8 Å². The topological polar surface area (TPSA) is 74.5 Å². The Morgan fingerprint density at radius 2 is 1.76 bits per heavy atom. The number of rotatable bonds is 4. The van der Waals surface area contributed by atoms with Crippen molar-refractivity contribution in [2.24, 2.45) is 10.1 Å². The van der Waals surface area contributed by atoms with Crippen molar-refractivity contribution in [1.29, 1.82) is 0 Å². The fraction of sp³-hybridized carbons (Fsp3) is 0.115. The Labute approximate surface area is 195 Å². The molecule has 0 fully saturated rings. The number of amidine groups is 1. The second-order valence-corrected chi connectivity index (χ2v) is 8.61. The number of aliphatic imine (C=N–C) groups is 1. The highest BCUT2D eigenvalue weighted by atomic mass is 32.2. The normalized spacial score (nSPS) is 19.1. The van der Waals surface area contributed by atoms with Crippen LogP contribution in [0.15, 0.2) is 93.9 Å². The lowest BCUT2D eigenvalue weighted by atomic mass is 9.97. The van der Waals surface area contributed by atoms with Crippen LogP contribution < -0.4 is 4.74 Å². The van der Waals surface area contributed by atoms with Crippen molar-refractivity contribution in [1.82, 2.24) is 5.01 Å². The molecule has 2 aliphatic rings. The zero-order valence-electron chi connectivity index (χ0n) is 17.9. The van der Waals surface area contributed by atoms with Crippen LogP contribution >= 0.6 is 11.8 Å². The number of phenolic OH excluding ortho intramolecular Hbond substituents is 1. The van der Waals surface area contributed by atoms with Crippen LogP contribution in [0.1, 0.15) is 29.2 Å². The molecule has 1 atom stereocenters. The second kappa shape index (κ2) is 8.96. The summed E-state index contributed by atoms with van der Waals surface area (Å²) in [5, 5.41) is 17.0. The Morgan fingerprint density at radius 1 is 1.03 bits per heavy atom. The summed E-state index contributed by atoms with van der Waals surface area (Å²) in [6.07, 6.45) is 2.50. The molecule has 2 aliphatic heterocycles. The molecule has 0 bridgehead atoms. The summed E-state index contributed by atoms with van der Waals surface area (Å²) in [6.45, 7) is 0. The molecule has 0 aromatic heterocycles. The molecule has 3 aromatic rings. The van der Waals surface area contributed by atoms with Crippen LogP contribution in [0, 0.1) is 0 Å². The summed E-state index contributed by atoms with van der Waals surface area (Å²) in [5.74, 6) is 1.44. The third-order valence-corrected chi connectivity index (χ3v) is 6.34. The fourth-order valence-electron chi connectivity index (χ4n) is 3.94. The number of ether oxygens (including phenoxy) is 1. The molecule has 2 heterocycles. The van der Waals surface area contributed by atoms with Gasteiger partial charge in [0.25, 0.3) is 0 Å². The Kier molecular flexibility index (Phi) is 5.71. The van der Waals surface area contributed by atoms with Crippen molar-refractivity contribution in [3.8, 4) is 11.5 Å². The summed E-state index contributed by atoms with van der Waals surface area (Å²) in [4.78, 5) is 17.4. The number of phenols is 1. The summed E-state index contributed by atoms with van der Waals surface area (Å²) >= 11 is 1.09. The predicted molar refractivity (Wildman–Crippen MR) is 132 cm³/mol. The highest BCUT2D eigenvalue weighted by Gasteiger charge is 2.37. The van der Waals surface area contributed by atoms with Crippen LogP contribution in [0.5, 0.6) is 11.5 Å². The Balaban J connectivity index is 1.58. The maximum atomic E-state index is 12.3. The number of amides is 1. The average Bonchev–Trinajstić information content (AvgIpc) is 3.43. The maximum Gasteiger partial charge on any atom is 0.311 e. The molecule has 1 unspecified atom stereocenters. The Bertz CT molecular complexity index is 1280. The van der Waals surface area contributed by atoms with Gasteiger partial charge >= 0.3 is 5.24 Å². The first-order chi connectivity index (χ1) is 16.1. The van der Waals surface area contributed by atoms with Crippen molar-refractivity contribution < 1.29 is 14.6 Å². The SMILES string of the molecule is COc1ccc(C2=NN(C3=NC(=O)S/C3=C\c3ccccc3)C(c3ccccc3O)C2)cc1. The van der Waals surface area contributed by atoms with Gasteiger partial charge in [0.2, 0.25) is 0 Å². The number of aromatic hydroxyl groups is 1. The smallest absolute Gasteiger partial charge is 0.311 e. The largest absolute Gasteiger partial charge is 0.508 e. The number of nitrogens with zero attached hydrogens (tertiary/aromatic N) is 3. The van der Waals surface area contributed by atoms with Gasteiger partial charge in [0, 0.05) is 12.0 Å². The van der Waals surface area contributed by atoms with Crippen LogP contribution in [0.2, 0.25) is 0 Å². The van der Waals surface area contributed by atoms with Crippen molar-refractivity contribution in [2.45, 2.75) is 12.5 Å². The average molecular weight is 456 g/mol. The first-order valence-corrected chi connectivity index (χ1v) is 11.3. The number of methoxy groups -OCH3 is 1. The number of hydrazone groups is 1. The van der Waals surface area contributed by atoms with E-state index in [9.17, 15) is 9.90 Å². The number of carbonyl (C=O) groups is 1. The molecule has 0 saturated carbocycles. The lowest BCUT2D eigenvalue weighted by Crippen LogP contribution is -2.26. The predicted octanol–water partition coefficient (Wildman–Crippen LogP) is 5.86. The number of hydrogen-bond donors (Lipinski definition) is 1. The Hall–Kier alpha value is -3.84. The van der Waals surface area contributed by atoms with Crippen LogP contribution in [-0.4, -0.2) is 34.0 Å². The molecule has 0 aliphatic carbocycles. The van der Waals surface area contributed by atoms with Gasteiger partial charge < -0.3 is 9.84 Å². The number of thioether (sulfide) groups is 1. The lowest BCUT2D eigenvalue weighted by Gasteiger charge is -2.24. The summed E-state index contributed by atoms with van der Waals surface area (Å²) in [7, 11) is 1.63. The van der Waals surface area contributed by atoms with E-state index in [2.05, 4.69) is 4.99 Å². The van der Waals surface area contributed by atoms with Gasteiger partial charge in [-0.3, -0.25) is 4.79 Å². The molecule has 33 heavy (non-hydrogen) atoms. The summed E-state index contributed by atoms with van der Waals surface area (Å²) in [6, 6.07) is 24.4. The van der Waals surface area contributed by atoms with Gasteiger partial charge in [0.05, 0.1) is 23.8 Å². The van der Waals surface area contributed by atoms with E-state index in [1.165, 1.54) is 0 Å². The first-order valence-electron chi connectivity index (χ1n) is 10.5. The van der Waals surface area contributed by atoms with Crippen molar-refractivity contribution in [3.05, 3.63) is 100 Å². The fourth-order valence-corrected chi connectivity index (χ4v) is 4.68. The molecule has 0 radical (unpaired) electrons. The highest BCUT2D eigenvalue weighted by Crippen LogP contribution is 2.41. The van der Waals surface area contributed by atoms with Gasteiger partial charge in [-0.1, -0.05) is 48.5 Å². The monoisotopic (exact) mass is 455 g/mol. The van der Waals surface area contributed by atoms with Gasteiger partial charge in [-0.2, -0.15) is 10.1 Å². The quantitative estimate of drug-likeness (QED) is 0.533. The molecular weight excluding hydrogens is 434 g/mol. The van der Waals surface area contributed by atoms with Crippen molar-refractivity contribution in [2.75, 3.05) is 7.11 Å². The van der Waals surface area contributed by atoms with E-state index in [0.29, 0.717) is 12.3 Å². The molecule has 7 heteroatoms. The Morgan fingerprint density at radius 3 is 2.48 bits per heavy atom. The van der Waals surface area contributed by atoms with Crippen LogP contribution in [0.4, 0.5) is 4.79 Å². The third kappa shape index (κ3) is 4.27. The molecule has 3 aromatic carbocycles.